The highest BCUT2D eigenvalue weighted by Crippen LogP contribution is 2.20. The molecule has 1 aromatic heterocycles. The van der Waals surface area contributed by atoms with E-state index >= 15 is 0 Å². The number of fused-ring (bicyclic) bond motifs is 1. The Morgan fingerprint density at radius 3 is 2.13 bits per heavy atom. The smallest absolute Gasteiger partial charge is 0.203 e. The van der Waals surface area contributed by atoms with Crippen molar-refractivity contribution < 1.29 is 4.74 Å². The summed E-state index contributed by atoms with van der Waals surface area (Å²) in [4.78, 5) is 0. The van der Waals surface area contributed by atoms with E-state index in [4.69, 9.17) is 33.3 Å². The van der Waals surface area contributed by atoms with Gasteiger partial charge in [-0.1, -0.05) is 53.5 Å². The largest absolute Gasteiger partial charge is 0.494 e. The third kappa shape index (κ3) is 4.84. The minimum atomic E-state index is 0. The summed E-state index contributed by atoms with van der Waals surface area (Å²) in [5, 5.41) is 10.2. The molecule has 1 heterocycles. The van der Waals surface area contributed by atoms with Crippen molar-refractivity contribution >= 4 is 46.6 Å². The number of aromatic nitrogens is 2. The number of benzene rings is 3. The molecule has 0 atom stereocenters. The van der Waals surface area contributed by atoms with Gasteiger partial charge in [0.25, 0.3) is 0 Å². The summed E-state index contributed by atoms with van der Waals surface area (Å²) in [6.07, 6.45) is 0.791. The molecule has 7 heteroatoms. The molecule has 0 fully saturated rings. The Kier molecular flexibility index (Phi) is 7.48. The molecule has 0 radical (unpaired) electrons. The molecule has 4 aromatic rings. The van der Waals surface area contributed by atoms with Crippen LogP contribution >= 0.6 is 35.6 Å². The number of imidazole rings is 1. The molecule has 0 unspecified atom stereocenters. The van der Waals surface area contributed by atoms with Crippen LogP contribution in [-0.4, -0.2) is 15.7 Å². The van der Waals surface area contributed by atoms with Crippen molar-refractivity contribution in [1.82, 2.24) is 9.13 Å². The Balaban J connectivity index is 0.00000256. The lowest BCUT2D eigenvalue weighted by Gasteiger charge is -2.08. The average molecular weight is 463 g/mol. The van der Waals surface area contributed by atoms with Crippen molar-refractivity contribution in [2.24, 2.45) is 0 Å². The summed E-state index contributed by atoms with van der Waals surface area (Å²) < 4.78 is 9.82. The number of halogens is 3. The Labute approximate surface area is 191 Å². The zero-order valence-corrected chi connectivity index (χ0v) is 18.6. The molecule has 30 heavy (non-hydrogen) atoms. The Morgan fingerprint density at radius 2 is 1.43 bits per heavy atom. The number of aryl methyl sites for hydroxylation is 1. The van der Waals surface area contributed by atoms with E-state index in [1.54, 1.807) is 0 Å². The Hall–Kier alpha value is -2.40. The van der Waals surface area contributed by atoms with Gasteiger partial charge in [0.15, 0.2) is 0 Å². The molecule has 0 aliphatic rings. The number of nitrogens with one attached hydrogen (secondary N) is 1. The summed E-state index contributed by atoms with van der Waals surface area (Å²) in [6, 6.07) is 23.2. The van der Waals surface area contributed by atoms with E-state index in [1.807, 2.05) is 75.9 Å². The van der Waals surface area contributed by atoms with E-state index < -0.39 is 0 Å². The number of ether oxygens (including phenoxy) is 1. The fourth-order valence-corrected chi connectivity index (χ4v) is 3.74. The SMILES string of the molecule is Cl.N=c1n(CCCOc2ccc(Cl)cc2)c2ccccc2n1Cc1ccccc1Cl. The van der Waals surface area contributed by atoms with Gasteiger partial charge in [0.1, 0.15) is 5.75 Å². The van der Waals surface area contributed by atoms with Gasteiger partial charge in [-0.25, -0.2) is 0 Å². The van der Waals surface area contributed by atoms with Crippen LogP contribution in [0.15, 0.2) is 72.8 Å². The van der Waals surface area contributed by atoms with Crippen LogP contribution in [0.1, 0.15) is 12.0 Å². The minimum Gasteiger partial charge on any atom is -0.494 e. The first-order valence-electron chi connectivity index (χ1n) is 9.48. The van der Waals surface area contributed by atoms with Gasteiger partial charge in [0.2, 0.25) is 5.62 Å². The zero-order valence-electron chi connectivity index (χ0n) is 16.2. The van der Waals surface area contributed by atoms with E-state index in [0.29, 0.717) is 35.4 Å². The second kappa shape index (κ2) is 10.1. The summed E-state index contributed by atoms with van der Waals surface area (Å²) in [5.74, 6) is 0.798. The highest BCUT2D eigenvalue weighted by Gasteiger charge is 2.12. The predicted octanol–water partition coefficient (Wildman–Crippen LogP) is 6.17. The summed E-state index contributed by atoms with van der Waals surface area (Å²) in [7, 11) is 0. The topological polar surface area (TPSA) is 42.9 Å². The average Bonchev–Trinajstić information content (AvgIpc) is 3.00. The van der Waals surface area contributed by atoms with Gasteiger partial charge in [-0.05, 0) is 54.4 Å². The van der Waals surface area contributed by atoms with Crippen molar-refractivity contribution in [2.45, 2.75) is 19.5 Å². The molecule has 1 N–H and O–H groups in total. The number of hydrogen-bond donors (Lipinski definition) is 1. The molecule has 0 aliphatic heterocycles. The molecule has 0 saturated heterocycles. The van der Waals surface area contributed by atoms with Crippen LogP contribution in [0.2, 0.25) is 10.0 Å². The standard InChI is InChI=1S/C23H21Cl2N3O.ClH/c24-18-10-12-19(13-11-18)29-15-5-14-27-21-8-3-4-9-22(21)28(23(27)26)16-17-6-1-2-7-20(17)25;/h1-4,6-13,26H,5,14-16H2;1H. The predicted molar refractivity (Wildman–Crippen MR) is 125 cm³/mol. The van der Waals surface area contributed by atoms with E-state index in [0.717, 1.165) is 28.8 Å². The molecule has 0 amide bonds. The van der Waals surface area contributed by atoms with Gasteiger partial charge in [-0.3, -0.25) is 5.41 Å². The molecule has 0 saturated carbocycles. The van der Waals surface area contributed by atoms with Crippen molar-refractivity contribution in [1.29, 1.82) is 5.41 Å². The maximum atomic E-state index is 8.75. The maximum absolute atomic E-state index is 8.75. The third-order valence-electron chi connectivity index (χ3n) is 4.87. The first-order chi connectivity index (χ1) is 14.1. The van der Waals surface area contributed by atoms with Crippen molar-refractivity contribution in [3.63, 3.8) is 0 Å². The molecule has 0 bridgehead atoms. The monoisotopic (exact) mass is 461 g/mol. The molecule has 0 aliphatic carbocycles. The first kappa shape index (κ1) is 22.3. The number of hydrogen-bond acceptors (Lipinski definition) is 2. The van der Waals surface area contributed by atoms with E-state index in [9.17, 15) is 0 Å². The Bertz CT molecular complexity index is 1180. The summed E-state index contributed by atoms with van der Waals surface area (Å²) in [6.45, 7) is 1.83. The maximum Gasteiger partial charge on any atom is 0.203 e. The van der Waals surface area contributed by atoms with Crippen molar-refractivity contribution in [3.8, 4) is 5.75 Å². The molecule has 3 aromatic carbocycles. The molecular formula is C23H22Cl3N3O. The Morgan fingerprint density at radius 1 is 0.800 bits per heavy atom. The second-order valence-electron chi connectivity index (χ2n) is 6.80. The minimum absolute atomic E-state index is 0. The van der Waals surface area contributed by atoms with Crippen LogP contribution in [0.25, 0.3) is 11.0 Å². The third-order valence-corrected chi connectivity index (χ3v) is 5.49. The van der Waals surface area contributed by atoms with Gasteiger partial charge < -0.3 is 13.9 Å². The normalized spacial score (nSPS) is 10.7. The van der Waals surface area contributed by atoms with Crippen LogP contribution in [-0.2, 0) is 13.1 Å². The molecule has 4 nitrogen and oxygen atoms in total. The quantitative estimate of drug-likeness (QED) is 0.328. The lowest BCUT2D eigenvalue weighted by Crippen LogP contribution is -2.25. The van der Waals surface area contributed by atoms with Crippen LogP contribution in [0, 0.1) is 5.41 Å². The van der Waals surface area contributed by atoms with Crippen LogP contribution in [0.3, 0.4) is 0 Å². The van der Waals surface area contributed by atoms with Gasteiger partial charge in [-0.15, -0.1) is 12.4 Å². The lowest BCUT2D eigenvalue weighted by molar-refractivity contribution is 0.301. The fraction of sp³-hybridized carbons (Fsp3) is 0.174. The van der Waals surface area contributed by atoms with Crippen LogP contribution < -0.4 is 10.4 Å². The van der Waals surface area contributed by atoms with E-state index in [-0.39, 0.29) is 12.4 Å². The van der Waals surface area contributed by atoms with Gasteiger partial charge >= 0.3 is 0 Å². The van der Waals surface area contributed by atoms with E-state index in [2.05, 4.69) is 6.07 Å². The first-order valence-corrected chi connectivity index (χ1v) is 10.2. The number of nitrogens with zero attached hydrogens (tertiary/aromatic N) is 2. The highest BCUT2D eigenvalue weighted by atomic mass is 35.5. The van der Waals surface area contributed by atoms with Crippen LogP contribution in [0.4, 0.5) is 0 Å². The number of para-hydroxylation sites is 2. The highest BCUT2D eigenvalue weighted by molar-refractivity contribution is 6.31. The van der Waals surface area contributed by atoms with Crippen molar-refractivity contribution in [3.05, 3.63) is 94.0 Å². The molecule has 0 spiro atoms. The zero-order chi connectivity index (χ0) is 20.2. The second-order valence-corrected chi connectivity index (χ2v) is 7.64. The van der Waals surface area contributed by atoms with Gasteiger partial charge in [0, 0.05) is 16.6 Å². The van der Waals surface area contributed by atoms with Crippen molar-refractivity contribution in [2.75, 3.05) is 6.61 Å². The van der Waals surface area contributed by atoms with E-state index in [1.165, 1.54) is 0 Å². The summed E-state index contributed by atoms with van der Waals surface area (Å²) in [5.41, 5.74) is 3.52. The van der Waals surface area contributed by atoms with Gasteiger partial charge in [-0.2, -0.15) is 0 Å². The van der Waals surface area contributed by atoms with Gasteiger partial charge in [0.05, 0.1) is 24.2 Å². The lowest BCUT2D eigenvalue weighted by atomic mass is 10.2. The molecule has 156 valence electrons. The molecular weight excluding hydrogens is 441 g/mol. The van der Waals surface area contributed by atoms with Crippen LogP contribution in [0.5, 0.6) is 5.75 Å². The summed E-state index contributed by atoms with van der Waals surface area (Å²) >= 11 is 12.3. The fourth-order valence-electron chi connectivity index (χ4n) is 3.42. The number of rotatable bonds is 7. The molecule has 4 rings (SSSR count).